The first-order valence-electron chi connectivity index (χ1n) is 6.31. The topological polar surface area (TPSA) is 39.2 Å². The Hall–Kier alpha value is -1.00. The molecule has 4 heteroatoms. The van der Waals surface area contributed by atoms with E-state index in [2.05, 4.69) is 38.8 Å². The van der Waals surface area contributed by atoms with Gasteiger partial charge < -0.3 is 4.43 Å². The summed E-state index contributed by atoms with van der Waals surface area (Å²) in [6, 6.07) is 5.51. The number of hydrogen-bond donors (Lipinski definition) is 0. The van der Waals surface area contributed by atoms with Gasteiger partial charge in [0.05, 0.1) is 0 Å². The van der Waals surface area contributed by atoms with Crippen LogP contribution in [0.5, 0.6) is 0 Å². The molecule has 1 heterocycles. The lowest BCUT2D eigenvalue weighted by Gasteiger charge is -2.36. The molecule has 1 aromatic heterocycles. The maximum atomic E-state index is 10.6. The molecule has 0 saturated carbocycles. The summed E-state index contributed by atoms with van der Waals surface area (Å²) in [5.74, 6) is 0. The number of nitrogens with zero attached hydrogens (tertiary/aromatic N) is 1. The van der Waals surface area contributed by atoms with Crippen LogP contribution in [-0.2, 0) is 10.8 Å². The largest absolute Gasteiger partial charge is 0.416 e. The molecule has 3 nitrogen and oxygen atoms in total. The Balaban J connectivity index is 2.54. The fourth-order valence-corrected chi connectivity index (χ4v) is 2.38. The van der Waals surface area contributed by atoms with Crippen molar-refractivity contribution in [2.75, 3.05) is 6.61 Å². The van der Waals surface area contributed by atoms with Gasteiger partial charge in [0.2, 0.25) is 0 Å². The predicted molar refractivity (Wildman–Crippen MR) is 76.5 cm³/mol. The van der Waals surface area contributed by atoms with Crippen molar-refractivity contribution < 1.29 is 9.22 Å². The molecule has 0 amide bonds. The van der Waals surface area contributed by atoms with Crippen molar-refractivity contribution in [3.63, 3.8) is 0 Å². The second-order valence-corrected chi connectivity index (χ2v) is 10.8. The van der Waals surface area contributed by atoms with Crippen LogP contribution in [0.1, 0.15) is 37.0 Å². The summed E-state index contributed by atoms with van der Waals surface area (Å²) in [5.41, 5.74) is 1.40. The van der Waals surface area contributed by atoms with Crippen LogP contribution in [0.15, 0.2) is 18.2 Å². The number of pyridine rings is 1. The Kier molecular flexibility index (Phi) is 4.82. The average molecular weight is 265 g/mol. The highest BCUT2D eigenvalue weighted by atomic mass is 28.4. The van der Waals surface area contributed by atoms with Crippen molar-refractivity contribution in [2.24, 2.45) is 0 Å². The lowest BCUT2D eigenvalue weighted by molar-refractivity contribution is 0.111. The summed E-state index contributed by atoms with van der Waals surface area (Å²) >= 11 is 0. The third-order valence-corrected chi connectivity index (χ3v) is 8.11. The highest BCUT2D eigenvalue weighted by molar-refractivity contribution is 6.74. The lowest BCUT2D eigenvalue weighted by atomic mass is 10.2. The molecule has 18 heavy (non-hydrogen) atoms. The summed E-state index contributed by atoms with van der Waals surface area (Å²) in [4.78, 5) is 14.9. The minimum atomic E-state index is -1.68. The Labute approximate surface area is 111 Å². The zero-order chi connectivity index (χ0) is 13.8. The molecule has 1 rings (SSSR count). The van der Waals surface area contributed by atoms with Gasteiger partial charge in [-0.2, -0.15) is 0 Å². The average Bonchev–Trinajstić information content (AvgIpc) is 2.27. The molecule has 0 aromatic carbocycles. The first-order chi connectivity index (χ1) is 8.26. The fraction of sp³-hybridized carbons (Fsp3) is 0.571. The Morgan fingerprint density at radius 3 is 2.56 bits per heavy atom. The van der Waals surface area contributed by atoms with Crippen LogP contribution in [0.2, 0.25) is 18.1 Å². The molecule has 0 bridgehead atoms. The van der Waals surface area contributed by atoms with Gasteiger partial charge in [-0.3, -0.25) is 4.79 Å². The van der Waals surface area contributed by atoms with E-state index >= 15 is 0 Å². The highest BCUT2D eigenvalue weighted by Gasteiger charge is 2.36. The fourth-order valence-electron chi connectivity index (χ4n) is 1.33. The van der Waals surface area contributed by atoms with Crippen molar-refractivity contribution in [3.05, 3.63) is 29.6 Å². The van der Waals surface area contributed by atoms with Crippen molar-refractivity contribution in [2.45, 2.75) is 45.3 Å². The van der Waals surface area contributed by atoms with E-state index in [1.54, 1.807) is 6.07 Å². The molecule has 100 valence electrons. The molecule has 0 aliphatic heterocycles. The van der Waals surface area contributed by atoms with Crippen molar-refractivity contribution in [1.29, 1.82) is 0 Å². The maximum absolute atomic E-state index is 10.6. The van der Waals surface area contributed by atoms with Gasteiger partial charge >= 0.3 is 0 Å². The third-order valence-electron chi connectivity index (χ3n) is 3.58. The van der Waals surface area contributed by atoms with Crippen LogP contribution >= 0.6 is 0 Å². The first kappa shape index (κ1) is 15.1. The number of aromatic nitrogens is 1. The standard InChI is InChI=1S/C14H23NO2Si/c1-14(2,3)18(4,5)17-10-9-12-7-6-8-13(11-16)15-12/h6-8,11H,9-10H2,1-5H3. The number of hydrogen-bond acceptors (Lipinski definition) is 3. The van der Waals surface area contributed by atoms with Crippen molar-refractivity contribution in [3.8, 4) is 0 Å². The summed E-state index contributed by atoms with van der Waals surface area (Å²) in [6.07, 6.45) is 1.53. The van der Waals surface area contributed by atoms with E-state index in [-0.39, 0.29) is 5.04 Å². The van der Waals surface area contributed by atoms with Gasteiger partial charge in [0.25, 0.3) is 0 Å². The van der Waals surface area contributed by atoms with Gasteiger partial charge in [0.1, 0.15) is 5.69 Å². The molecule has 1 aromatic rings. The molecular weight excluding hydrogens is 242 g/mol. The smallest absolute Gasteiger partial charge is 0.191 e. The zero-order valence-corrected chi connectivity index (χ0v) is 13.0. The minimum Gasteiger partial charge on any atom is -0.416 e. The number of rotatable bonds is 5. The van der Waals surface area contributed by atoms with E-state index in [1.807, 2.05) is 12.1 Å². The van der Waals surface area contributed by atoms with Crippen LogP contribution in [0.4, 0.5) is 0 Å². The molecule has 0 N–H and O–H groups in total. The number of carbonyl (C=O) groups excluding carboxylic acids is 1. The molecule has 0 atom stereocenters. The van der Waals surface area contributed by atoms with E-state index < -0.39 is 8.32 Å². The van der Waals surface area contributed by atoms with Crippen LogP contribution in [0.25, 0.3) is 0 Å². The van der Waals surface area contributed by atoms with Crippen LogP contribution < -0.4 is 0 Å². The number of aldehydes is 1. The van der Waals surface area contributed by atoms with E-state index in [9.17, 15) is 4.79 Å². The van der Waals surface area contributed by atoms with Crippen LogP contribution in [-0.4, -0.2) is 26.2 Å². The quantitative estimate of drug-likeness (QED) is 0.604. The van der Waals surface area contributed by atoms with Gasteiger partial charge in [-0.15, -0.1) is 0 Å². The van der Waals surface area contributed by atoms with Gasteiger partial charge in [-0.05, 0) is 30.3 Å². The van der Waals surface area contributed by atoms with Gasteiger partial charge in [0.15, 0.2) is 14.6 Å². The molecular formula is C14H23NO2Si. The summed E-state index contributed by atoms with van der Waals surface area (Å²) in [7, 11) is -1.68. The predicted octanol–water partition coefficient (Wildman–Crippen LogP) is 3.46. The molecule has 0 aliphatic carbocycles. The highest BCUT2D eigenvalue weighted by Crippen LogP contribution is 2.36. The Morgan fingerprint density at radius 2 is 2.00 bits per heavy atom. The summed E-state index contributed by atoms with van der Waals surface area (Å²) < 4.78 is 6.08. The van der Waals surface area contributed by atoms with Crippen LogP contribution in [0, 0.1) is 0 Å². The summed E-state index contributed by atoms with van der Waals surface area (Å²) in [6.45, 7) is 11.8. The van der Waals surface area contributed by atoms with Crippen molar-refractivity contribution >= 4 is 14.6 Å². The van der Waals surface area contributed by atoms with Gasteiger partial charge in [0, 0.05) is 18.7 Å². The minimum absolute atomic E-state index is 0.227. The lowest BCUT2D eigenvalue weighted by Crippen LogP contribution is -2.41. The first-order valence-corrected chi connectivity index (χ1v) is 9.22. The third kappa shape index (κ3) is 4.03. The SMILES string of the molecule is CC(C)(C)[Si](C)(C)OCCc1cccc(C=O)n1. The van der Waals surface area contributed by atoms with E-state index in [4.69, 9.17) is 4.43 Å². The molecule has 0 unspecified atom stereocenters. The zero-order valence-electron chi connectivity index (χ0n) is 12.0. The van der Waals surface area contributed by atoms with E-state index in [0.717, 1.165) is 18.4 Å². The molecule has 0 saturated heterocycles. The van der Waals surface area contributed by atoms with E-state index in [1.165, 1.54) is 0 Å². The van der Waals surface area contributed by atoms with Gasteiger partial charge in [-0.25, -0.2) is 4.98 Å². The molecule has 0 fully saturated rings. The summed E-state index contributed by atoms with van der Waals surface area (Å²) in [5, 5.41) is 0.227. The Bertz CT molecular complexity index is 411. The second kappa shape index (κ2) is 5.76. The molecule has 0 radical (unpaired) electrons. The van der Waals surface area contributed by atoms with Gasteiger partial charge in [-0.1, -0.05) is 26.8 Å². The Morgan fingerprint density at radius 1 is 1.33 bits per heavy atom. The van der Waals surface area contributed by atoms with Crippen molar-refractivity contribution in [1.82, 2.24) is 4.98 Å². The molecule has 0 aliphatic rings. The monoisotopic (exact) mass is 265 g/mol. The van der Waals surface area contributed by atoms with Crippen LogP contribution in [0.3, 0.4) is 0 Å². The number of carbonyl (C=O) groups is 1. The normalized spacial score (nSPS) is 12.5. The maximum Gasteiger partial charge on any atom is 0.191 e. The molecule has 0 spiro atoms. The van der Waals surface area contributed by atoms with E-state index in [0.29, 0.717) is 12.3 Å². The second-order valence-electron chi connectivity index (χ2n) is 6.03.